The lowest BCUT2D eigenvalue weighted by Crippen LogP contribution is -2.13. The number of nitriles is 1. The second-order valence-corrected chi connectivity index (χ2v) is 3.78. The summed E-state index contributed by atoms with van der Waals surface area (Å²) in [6.07, 6.45) is -2.09. The van der Waals surface area contributed by atoms with Crippen molar-refractivity contribution in [3.63, 3.8) is 0 Å². The maximum absolute atomic E-state index is 12.7. The third kappa shape index (κ3) is 5.74. The molecule has 110 valence electrons. The van der Waals surface area contributed by atoms with Gasteiger partial charge < -0.3 is 0 Å². The Labute approximate surface area is 119 Å². The minimum atomic E-state index is -4.77. The van der Waals surface area contributed by atoms with Gasteiger partial charge in [-0.3, -0.25) is 10.1 Å². The fourth-order valence-corrected chi connectivity index (χ4v) is 1.03. The molecule has 0 fully saturated rings. The van der Waals surface area contributed by atoms with E-state index >= 15 is 0 Å². The largest absolute Gasteiger partial charge is 0.417 e. The Bertz CT molecular complexity index is 617. The fraction of sp³-hybridized carbons (Fsp3) is 0.0714. The second-order valence-electron chi connectivity index (χ2n) is 3.78. The van der Waals surface area contributed by atoms with Gasteiger partial charge in [-0.05, 0) is 29.9 Å². The average molecular weight is 296 g/mol. The standard InChI is InChI=1S/C14H11F3N2O2/c1-9(5-6-12(4)19(20)21)10(2)7-13(11(3)8-18)14(15,16)17/h5-7H,1-4H2/b6-5-,13-7+. The van der Waals surface area contributed by atoms with Gasteiger partial charge in [-0.1, -0.05) is 19.7 Å². The van der Waals surface area contributed by atoms with Gasteiger partial charge in [-0.25, -0.2) is 0 Å². The third-order valence-corrected chi connectivity index (χ3v) is 2.21. The minimum absolute atomic E-state index is 0.00508. The van der Waals surface area contributed by atoms with Crippen molar-refractivity contribution in [2.75, 3.05) is 0 Å². The molecule has 21 heavy (non-hydrogen) atoms. The van der Waals surface area contributed by atoms with Gasteiger partial charge in [0.15, 0.2) is 0 Å². The van der Waals surface area contributed by atoms with E-state index in [0.29, 0.717) is 6.08 Å². The van der Waals surface area contributed by atoms with E-state index in [1.807, 2.05) is 0 Å². The van der Waals surface area contributed by atoms with Crippen LogP contribution >= 0.6 is 0 Å². The monoisotopic (exact) mass is 296 g/mol. The lowest BCUT2D eigenvalue weighted by atomic mass is 10.0. The Kier molecular flexibility index (Phi) is 6.08. The SMILES string of the molecule is C=C(/C=C\C(=C)[N+](=O)[O-])C(=C)/C=C(\C(=C)C#N)C(F)(F)F. The van der Waals surface area contributed by atoms with Crippen LogP contribution in [0.15, 0.2) is 72.5 Å². The molecule has 7 heteroatoms. The van der Waals surface area contributed by atoms with Crippen molar-refractivity contribution in [3.05, 3.63) is 82.6 Å². The molecule has 0 aliphatic carbocycles. The van der Waals surface area contributed by atoms with Crippen LogP contribution in [0.25, 0.3) is 0 Å². The van der Waals surface area contributed by atoms with Crippen molar-refractivity contribution in [3.8, 4) is 6.07 Å². The molecule has 0 aliphatic rings. The summed E-state index contributed by atoms with van der Waals surface area (Å²) < 4.78 is 38.2. The number of allylic oxidation sites excluding steroid dienone is 7. The van der Waals surface area contributed by atoms with E-state index in [9.17, 15) is 23.3 Å². The zero-order valence-corrected chi connectivity index (χ0v) is 10.9. The maximum atomic E-state index is 12.7. The molecule has 0 N–H and O–H groups in total. The summed E-state index contributed by atoms with van der Waals surface area (Å²) in [6.45, 7) is 12.9. The van der Waals surface area contributed by atoms with Gasteiger partial charge in [-0.15, -0.1) is 0 Å². The highest BCUT2D eigenvalue weighted by atomic mass is 19.4. The van der Waals surface area contributed by atoms with Crippen LogP contribution in [0.2, 0.25) is 0 Å². The Balaban J connectivity index is 5.34. The average Bonchev–Trinajstić information content (AvgIpc) is 2.38. The highest BCUT2D eigenvalue weighted by Crippen LogP contribution is 2.32. The fourth-order valence-electron chi connectivity index (χ4n) is 1.03. The molecule has 0 unspecified atom stereocenters. The quantitative estimate of drug-likeness (QED) is 0.322. The summed E-state index contributed by atoms with van der Waals surface area (Å²) in [5.41, 5.74) is -2.63. The smallest absolute Gasteiger partial charge is 0.258 e. The summed E-state index contributed by atoms with van der Waals surface area (Å²) in [7, 11) is 0. The van der Waals surface area contributed by atoms with Crippen LogP contribution in [0.1, 0.15) is 0 Å². The van der Waals surface area contributed by atoms with Gasteiger partial charge in [-0.2, -0.15) is 18.4 Å². The summed E-state index contributed by atoms with van der Waals surface area (Å²) in [5, 5.41) is 18.8. The molecule has 0 atom stereocenters. The summed E-state index contributed by atoms with van der Waals surface area (Å²) in [5.74, 6) is 0. The van der Waals surface area contributed by atoms with Crippen molar-refractivity contribution in [2.24, 2.45) is 0 Å². The Hall–Kier alpha value is -2.88. The molecule has 0 aliphatic heterocycles. The topological polar surface area (TPSA) is 66.9 Å². The number of nitro groups is 1. The van der Waals surface area contributed by atoms with E-state index < -0.39 is 27.9 Å². The zero-order chi connectivity index (χ0) is 16.8. The van der Waals surface area contributed by atoms with Crippen LogP contribution in [-0.2, 0) is 0 Å². The molecule has 0 aromatic heterocycles. The van der Waals surface area contributed by atoms with Gasteiger partial charge >= 0.3 is 6.18 Å². The first kappa shape index (κ1) is 18.1. The van der Waals surface area contributed by atoms with Crippen molar-refractivity contribution in [1.82, 2.24) is 0 Å². The Morgan fingerprint density at radius 2 is 1.67 bits per heavy atom. The molecular weight excluding hydrogens is 285 g/mol. The predicted molar refractivity (Wildman–Crippen MR) is 72.4 cm³/mol. The summed E-state index contributed by atoms with van der Waals surface area (Å²) >= 11 is 0. The molecule has 4 nitrogen and oxygen atoms in total. The van der Waals surface area contributed by atoms with Crippen molar-refractivity contribution >= 4 is 0 Å². The molecule has 0 radical (unpaired) electrons. The highest BCUT2D eigenvalue weighted by molar-refractivity contribution is 5.52. The van der Waals surface area contributed by atoms with Crippen LogP contribution in [-0.4, -0.2) is 11.1 Å². The molecule has 0 rings (SSSR count). The van der Waals surface area contributed by atoms with E-state index in [2.05, 4.69) is 26.3 Å². The van der Waals surface area contributed by atoms with Crippen LogP contribution in [0.4, 0.5) is 13.2 Å². The normalized spacial score (nSPS) is 11.8. The van der Waals surface area contributed by atoms with Crippen molar-refractivity contribution in [2.45, 2.75) is 6.18 Å². The van der Waals surface area contributed by atoms with Gasteiger partial charge in [0.2, 0.25) is 0 Å². The third-order valence-electron chi connectivity index (χ3n) is 2.21. The molecule has 0 spiro atoms. The van der Waals surface area contributed by atoms with E-state index in [-0.39, 0.29) is 11.1 Å². The number of rotatable bonds is 6. The van der Waals surface area contributed by atoms with E-state index in [1.54, 1.807) is 0 Å². The van der Waals surface area contributed by atoms with Crippen LogP contribution < -0.4 is 0 Å². The molecular formula is C14H11F3N2O2. The van der Waals surface area contributed by atoms with E-state index in [4.69, 9.17) is 5.26 Å². The van der Waals surface area contributed by atoms with Gasteiger partial charge in [0.25, 0.3) is 5.70 Å². The van der Waals surface area contributed by atoms with Gasteiger partial charge in [0.1, 0.15) is 0 Å². The molecule has 0 amide bonds. The van der Waals surface area contributed by atoms with Crippen LogP contribution in [0.5, 0.6) is 0 Å². The molecule has 0 saturated carbocycles. The van der Waals surface area contributed by atoms with Gasteiger partial charge in [0, 0.05) is 6.08 Å². The van der Waals surface area contributed by atoms with E-state index in [0.717, 1.165) is 12.2 Å². The van der Waals surface area contributed by atoms with Crippen LogP contribution in [0, 0.1) is 21.4 Å². The van der Waals surface area contributed by atoms with Gasteiger partial charge in [0.05, 0.1) is 22.1 Å². The zero-order valence-electron chi connectivity index (χ0n) is 10.9. The summed E-state index contributed by atoms with van der Waals surface area (Å²) in [6, 6.07) is 1.31. The number of hydrogen-bond donors (Lipinski definition) is 0. The first-order chi connectivity index (χ1) is 9.50. The van der Waals surface area contributed by atoms with Crippen molar-refractivity contribution in [1.29, 1.82) is 5.26 Å². The lowest BCUT2D eigenvalue weighted by Gasteiger charge is -2.11. The Morgan fingerprint density at radius 1 is 1.14 bits per heavy atom. The molecule has 0 aromatic rings. The second kappa shape index (κ2) is 7.05. The predicted octanol–water partition coefficient (Wildman–Crippen LogP) is 4.01. The summed E-state index contributed by atoms with van der Waals surface area (Å²) in [4.78, 5) is 9.55. The molecule has 0 aromatic carbocycles. The number of halogens is 3. The number of alkyl halides is 3. The first-order valence-electron chi connectivity index (χ1n) is 5.28. The number of hydrogen-bond acceptors (Lipinski definition) is 3. The van der Waals surface area contributed by atoms with E-state index in [1.165, 1.54) is 6.07 Å². The molecule has 0 bridgehead atoms. The number of nitrogens with zero attached hydrogens (tertiary/aromatic N) is 2. The molecule has 0 heterocycles. The highest BCUT2D eigenvalue weighted by Gasteiger charge is 2.35. The van der Waals surface area contributed by atoms with Crippen LogP contribution in [0.3, 0.4) is 0 Å². The first-order valence-corrected chi connectivity index (χ1v) is 5.28. The lowest BCUT2D eigenvalue weighted by molar-refractivity contribution is -0.418. The Morgan fingerprint density at radius 3 is 2.05 bits per heavy atom. The maximum Gasteiger partial charge on any atom is 0.417 e. The van der Waals surface area contributed by atoms with Crippen molar-refractivity contribution < 1.29 is 18.1 Å². The minimum Gasteiger partial charge on any atom is -0.258 e. The molecule has 0 saturated heterocycles.